The maximum Gasteiger partial charge on any atom is 0.257 e. The van der Waals surface area contributed by atoms with E-state index in [1.807, 2.05) is 45.6 Å². The molecule has 0 radical (unpaired) electrons. The number of anilines is 2. The normalized spacial score (nSPS) is 17.3. The summed E-state index contributed by atoms with van der Waals surface area (Å²) >= 11 is 0. The molecule has 15 heteroatoms. The zero-order valence-electron chi connectivity index (χ0n) is 34.3. The highest BCUT2D eigenvalue weighted by Crippen LogP contribution is 2.36. The summed E-state index contributed by atoms with van der Waals surface area (Å²) in [5.41, 5.74) is -0.432. The number of hydrogen-bond acceptors (Lipinski definition) is 9. The number of halogens is 2. The van der Waals surface area contributed by atoms with E-state index in [1.165, 1.54) is 30.9 Å². The average molecular weight is 797 g/mol. The molecule has 312 valence electrons. The van der Waals surface area contributed by atoms with Crippen molar-refractivity contribution in [3.8, 4) is 11.5 Å². The Morgan fingerprint density at radius 3 is 2.26 bits per heavy atom. The number of amides is 3. The van der Waals surface area contributed by atoms with Crippen molar-refractivity contribution in [2.24, 2.45) is 17.3 Å². The molecule has 3 unspecified atom stereocenters. The molecular weight excluding hydrogens is 738 g/mol. The van der Waals surface area contributed by atoms with Crippen LogP contribution >= 0.6 is 0 Å². The minimum Gasteiger partial charge on any atom is -0.497 e. The van der Waals surface area contributed by atoms with Crippen molar-refractivity contribution in [1.29, 1.82) is 0 Å². The minimum atomic E-state index is -1.02. The number of likely N-dealkylation sites (tertiary alicyclic amines) is 1. The Balaban J connectivity index is 0.000000298. The Hall–Kier alpha value is -5.47. The first-order valence-corrected chi connectivity index (χ1v) is 19.0. The molecule has 1 aliphatic carbocycles. The average Bonchev–Trinajstić information content (AvgIpc) is 3.82. The Morgan fingerprint density at radius 1 is 1.04 bits per heavy atom. The summed E-state index contributed by atoms with van der Waals surface area (Å²) in [6.45, 7) is 17.0. The van der Waals surface area contributed by atoms with Crippen molar-refractivity contribution in [3.63, 3.8) is 0 Å². The van der Waals surface area contributed by atoms with E-state index in [0.29, 0.717) is 37.1 Å². The molecule has 4 atom stereocenters. The lowest BCUT2D eigenvalue weighted by Crippen LogP contribution is -2.57. The van der Waals surface area contributed by atoms with Gasteiger partial charge < -0.3 is 45.0 Å². The highest BCUT2D eigenvalue weighted by atomic mass is 19.2. The van der Waals surface area contributed by atoms with E-state index in [-0.39, 0.29) is 29.0 Å². The maximum atomic E-state index is 13.7. The van der Waals surface area contributed by atoms with Gasteiger partial charge in [-0.15, -0.1) is 6.58 Å². The molecule has 57 heavy (non-hydrogen) atoms. The van der Waals surface area contributed by atoms with E-state index in [0.717, 1.165) is 41.5 Å². The SMILES string of the molecule is C=C[C@H](C)C(NC(=O)C1CCCN1C(=O)C(Nc1ccc(F)c(F)c1)C(C)(C)C)C(=O)NC.C=O.CC1CC1.COc1ccc2c(=O)[nH]c3c(c2c1)OCCN3C. The van der Waals surface area contributed by atoms with Gasteiger partial charge in [0, 0.05) is 43.7 Å². The third-order valence-corrected chi connectivity index (χ3v) is 9.99. The molecule has 0 bridgehead atoms. The second kappa shape index (κ2) is 20.6. The first-order chi connectivity index (χ1) is 27.0. The first-order valence-electron chi connectivity index (χ1n) is 19.0. The molecule has 4 N–H and O–H groups in total. The van der Waals surface area contributed by atoms with Crippen molar-refractivity contribution >= 4 is 46.8 Å². The topological polar surface area (TPSA) is 162 Å². The number of carbonyl (C=O) groups excluding carboxylic acids is 4. The van der Waals surface area contributed by atoms with Gasteiger partial charge >= 0.3 is 0 Å². The highest BCUT2D eigenvalue weighted by Gasteiger charge is 2.42. The number of ether oxygens (including phenoxy) is 2. The smallest absolute Gasteiger partial charge is 0.257 e. The van der Waals surface area contributed by atoms with E-state index in [9.17, 15) is 28.0 Å². The Morgan fingerprint density at radius 2 is 1.70 bits per heavy atom. The summed E-state index contributed by atoms with van der Waals surface area (Å²) in [7, 11) is 5.03. The van der Waals surface area contributed by atoms with Crippen LogP contribution in [0.3, 0.4) is 0 Å². The summed E-state index contributed by atoms with van der Waals surface area (Å²) in [5.74, 6) is -0.140. The highest BCUT2D eigenvalue weighted by molar-refractivity contribution is 5.95. The van der Waals surface area contributed by atoms with Crippen LogP contribution in [-0.2, 0) is 19.2 Å². The predicted octanol–water partition coefficient (Wildman–Crippen LogP) is 5.43. The van der Waals surface area contributed by atoms with Crippen molar-refractivity contribution in [1.82, 2.24) is 20.5 Å². The molecule has 1 aromatic heterocycles. The molecule has 13 nitrogen and oxygen atoms in total. The molecule has 3 aromatic rings. The minimum absolute atomic E-state index is 0.108. The summed E-state index contributed by atoms with van der Waals surface area (Å²) < 4.78 is 37.9. The maximum absolute atomic E-state index is 13.7. The van der Waals surface area contributed by atoms with Gasteiger partial charge in [-0.1, -0.05) is 53.5 Å². The number of H-pyrrole nitrogens is 1. The predicted molar refractivity (Wildman–Crippen MR) is 219 cm³/mol. The van der Waals surface area contributed by atoms with Crippen molar-refractivity contribution in [2.75, 3.05) is 51.1 Å². The van der Waals surface area contributed by atoms with Gasteiger partial charge in [-0.2, -0.15) is 0 Å². The third kappa shape index (κ3) is 12.0. The van der Waals surface area contributed by atoms with E-state index in [1.54, 1.807) is 32.2 Å². The summed E-state index contributed by atoms with van der Waals surface area (Å²) in [4.78, 5) is 65.3. The number of hydrogen-bond donors (Lipinski definition) is 4. The Labute approximate surface area is 333 Å². The van der Waals surface area contributed by atoms with Crippen molar-refractivity contribution < 1.29 is 37.4 Å². The zero-order chi connectivity index (χ0) is 42.6. The van der Waals surface area contributed by atoms with Gasteiger partial charge in [-0.05, 0) is 54.5 Å². The number of aromatic nitrogens is 1. The number of pyridine rings is 1. The third-order valence-electron chi connectivity index (χ3n) is 9.99. The number of methoxy groups -OCH3 is 1. The number of carbonyl (C=O) groups is 4. The van der Waals surface area contributed by atoms with Crippen LogP contribution in [0.4, 0.5) is 20.3 Å². The largest absolute Gasteiger partial charge is 0.497 e. The number of nitrogens with zero attached hydrogens (tertiary/aromatic N) is 2. The molecule has 2 aliphatic heterocycles. The lowest BCUT2D eigenvalue weighted by atomic mass is 9.85. The second-order valence-corrected chi connectivity index (χ2v) is 15.5. The molecule has 2 aromatic carbocycles. The zero-order valence-corrected chi connectivity index (χ0v) is 34.3. The fourth-order valence-corrected chi connectivity index (χ4v) is 6.22. The Bertz CT molecular complexity index is 1930. The molecule has 3 amide bonds. The summed E-state index contributed by atoms with van der Waals surface area (Å²) in [6.07, 6.45) is 5.65. The van der Waals surface area contributed by atoms with Crippen LogP contribution < -0.4 is 35.9 Å². The van der Waals surface area contributed by atoms with Crippen LogP contribution in [-0.4, -0.2) is 93.4 Å². The van der Waals surface area contributed by atoms with Gasteiger partial charge in [-0.3, -0.25) is 19.2 Å². The van der Waals surface area contributed by atoms with Gasteiger partial charge in [0.1, 0.15) is 37.3 Å². The van der Waals surface area contributed by atoms with E-state index >= 15 is 0 Å². The van der Waals surface area contributed by atoms with Gasteiger partial charge in [0.25, 0.3) is 5.56 Å². The van der Waals surface area contributed by atoms with Crippen LogP contribution in [0, 0.1) is 28.9 Å². The number of likely N-dealkylation sites (N-methyl/N-ethyl adjacent to an activating group) is 2. The monoisotopic (exact) mass is 796 g/mol. The van der Waals surface area contributed by atoms with Crippen LogP contribution in [0.1, 0.15) is 60.3 Å². The number of aromatic amines is 1. The summed E-state index contributed by atoms with van der Waals surface area (Å²) in [6, 6.07) is 6.38. The Kier molecular flexibility index (Phi) is 16.6. The van der Waals surface area contributed by atoms with Crippen LogP contribution in [0.15, 0.2) is 53.8 Å². The quantitative estimate of drug-likeness (QED) is 0.207. The van der Waals surface area contributed by atoms with Crippen molar-refractivity contribution in [3.05, 3.63) is 71.0 Å². The van der Waals surface area contributed by atoms with E-state index in [4.69, 9.17) is 14.3 Å². The van der Waals surface area contributed by atoms with Crippen LogP contribution in [0.2, 0.25) is 0 Å². The number of nitrogens with one attached hydrogen (secondary N) is 4. The molecule has 0 spiro atoms. The second-order valence-electron chi connectivity index (χ2n) is 15.5. The molecule has 1 saturated heterocycles. The van der Waals surface area contributed by atoms with Crippen LogP contribution in [0.25, 0.3) is 10.8 Å². The molecule has 1 saturated carbocycles. The molecule has 3 heterocycles. The fraction of sp³-hybridized carbons (Fsp3) is 0.500. The van der Waals surface area contributed by atoms with E-state index in [2.05, 4.69) is 34.4 Å². The lowest BCUT2D eigenvalue weighted by molar-refractivity contribution is -0.141. The fourth-order valence-electron chi connectivity index (χ4n) is 6.22. The van der Waals surface area contributed by atoms with Gasteiger partial charge in [0.05, 0.1) is 19.0 Å². The van der Waals surface area contributed by atoms with Crippen molar-refractivity contribution in [2.45, 2.75) is 78.4 Å². The number of fused-ring (bicyclic) bond motifs is 3. The van der Waals surface area contributed by atoms with E-state index < -0.39 is 41.1 Å². The molecular formula is C42H58F2N6O7. The standard InChI is InChI=1S/C24H34F2N4O3.C13H14N2O3.C4H8.CH2O/c1-7-14(2)19(22(32)27-6)29-21(31)18-9-8-12-30(18)23(33)20(24(3,4)5)28-15-10-11-16(25)17(26)13-15;1-15-5-6-18-11-10-7-8(17-2)3-4-9(10)13(16)14-12(11)15;1-4-2-3-4;1-2/h7,10-11,13-14,18-20,28H,1,8-9,12H2,2-6H3,(H,27,32)(H,29,31);3-4,7H,5-6H2,1-2H3,(H,14,16);4H,2-3H2,1H3;1H2/t14-,18?,19?,20?;;;/m0.../s1. The molecule has 3 aliphatic rings. The van der Waals surface area contributed by atoms with Gasteiger partial charge in [0.15, 0.2) is 23.2 Å². The first kappa shape index (κ1) is 45.9. The number of rotatable bonds is 9. The summed E-state index contributed by atoms with van der Waals surface area (Å²) in [5, 5.41) is 9.71. The number of benzene rings is 2. The lowest BCUT2D eigenvalue weighted by Gasteiger charge is -2.36. The molecule has 2 fully saturated rings. The van der Waals surface area contributed by atoms with Gasteiger partial charge in [0.2, 0.25) is 17.7 Å². The van der Waals surface area contributed by atoms with Gasteiger partial charge in [-0.25, -0.2) is 8.78 Å². The molecule has 6 rings (SSSR count). The van der Waals surface area contributed by atoms with Crippen LogP contribution in [0.5, 0.6) is 11.5 Å².